The van der Waals surface area contributed by atoms with Crippen LogP contribution in [0.15, 0.2) is 24.3 Å². The van der Waals surface area contributed by atoms with Gasteiger partial charge in [-0.25, -0.2) is 4.68 Å². The molecule has 1 aliphatic rings. The highest BCUT2D eigenvalue weighted by atomic mass is 35.5. The van der Waals surface area contributed by atoms with E-state index in [1.165, 1.54) is 5.69 Å². The summed E-state index contributed by atoms with van der Waals surface area (Å²) in [7, 11) is 1.71. The molecule has 1 aliphatic heterocycles. The molecular weight excluding hydrogens is 388 g/mol. The second-order valence-corrected chi connectivity index (χ2v) is 8.53. The molecule has 29 heavy (non-hydrogen) atoms. The van der Waals surface area contributed by atoms with Crippen molar-refractivity contribution in [3.63, 3.8) is 0 Å². The fraction of sp³-hybridized carbons (Fsp3) is 0.667. The summed E-state index contributed by atoms with van der Waals surface area (Å²) in [6.07, 6.45) is 0.986. The largest absolute Gasteiger partial charge is 0.497 e. The number of halogens is 1. The maximum atomic E-state index is 5.38. The molecule has 0 aliphatic carbocycles. The van der Waals surface area contributed by atoms with E-state index in [1.807, 2.05) is 10.7 Å². The van der Waals surface area contributed by atoms with Crippen molar-refractivity contribution in [2.75, 3.05) is 38.2 Å². The predicted octanol–water partition coefficient (Wildman–Crippen LogP) is 3.77. The topological polar surface area (TPSA) is 59.3 Å². The van der Waals surface area contributed by atoms with Gasteiger partial charge >= 0.3 is 0 Å². The van der Waals surface area contributed by atoms with E-state index < -0.39 is 0 Å². The van der Waals surface area contributed by atoms with E-state index in [2.05, 4.69) is 78.1 Å². The minimum atomic E-state index is -0.0889. The summed E-state index contributed by atoms with van der Waals surface area (Å²) in [5.41, 5.74) is 1.13. The van der Waals surface area contributed by atoms with Crippen LogP contribution in [0.2, 0.25) is 0 Å². The fourth-order valence-electron chi connectivity index (χ4n) is 3.91. The first-order valence-electron chi connectivity index (χ1n) is 10.3. The molecule has 0 radical (unpaired) electrons. The van der Waals surface area contributed by atoms with Crippen molar-refractivity contribution >= 4 is 18.1 Å². The number of aromatic nitrogens is 4. The molecule has 1 aromatic heterocycles. The molecule has 0 amide bonds. The van der Waals surface area contributed by atoms with Gasteiger partial charge < -0.3 is 9.64 Å². The van der Waals surface area contributed by atoms with E-state index in [1.54, 1.807) is 7.11 Å². The molecule has 7 nitrogen and oxygen atoms in total. The summed E-state index contributed by atoms with van der Waals surface area (Å²) in [6.45, 7) is 15.0. The van der Waals surface area contributed by atoms with Crippen LogP contribution in [0.25, 0.3) is 0 Å². The summed E-state index contributed by atoms with van der Waals surface area (Å²) < 4.78 is 7.41. The zero-order valence-electron chi connectivity index (χ0n) is 18.5. The minimum Gasteiger partial charge on any atom is -0.497 e. The van der Waals surface area contributed by atoms with Crippen molar-refractivity contribution in [3.8, 4) is 5.75 Å². The van der Waals surface area contributed by atoms with Crippen LogP contribution in [0, 0.1) is 5.92 Å². The van der Waals surface area contributed by atoms with Gasteiger partial charge in [0.25, 0.3) is 0 Å². The van der Waals surface area contributed by atoms with E-state index in [9.17, 15) is 0 Å². The Labute approximate surface area is 180 Å². The molecule has 1 unspecified atom stereocenters. The quantitative estimate of drug-likeness (QED) is 0.676. The number of hydrogen-bond acceptors (Lipinski definition) is 6. The summed E-state index contributed by atoms with van der Waals surface area (Å²) in [6, 6.07) is 8.53. The standard InChI is InChI=1S/C21H34N6O.ClH/c1-7-21(4,5)27-20(22-23-24-27)19(16(2)3)26-13-11-25(12-14-26)17-9-8-10-18(15-17)28-6;/h8-10,15-16,19H,7,11-14H2,1-6H3;1H. The molecule has 0 bridgehead atoms. The molecule has 0 N–H and O–H groups in total. The number of tetrazole rings is 1. The van der Waals surface area contributed by atoms with Gasteiger partial charge in [-0.05, 0) is 48.7 Å². The Bertz CT molecular complexity index is 770. The smallest absolute Gasteiger partial charge is 0.169 e. The molecule has 1 aromatic carbocycles. The highest BCUT2D eigenvalue weighted by Gasteiger charge is 2.34. The number of ether oxygens (including phenoxy) is 1. The van der Waals surface area contributed by atoms with Crippen molar-refractivity contribution in [2.45, 2.75) is 52.6 Å². The average molecular weight is 423 g/mol. The Morgan fingerprint density at radius 1 is 1.14 bits per heavy atom. The van der Waals surface area contributed by atoms with Gasteiger partial charge in [0.1, 0.15) is 5.75 Å². The van der Waals surface area contributed by atoms with Gasteiger partial charge in [-0.15, -0.1) is 17.5 Å². The van der Waals surface area contributed by atoms with Crippen LogP contribution in [-0.2, 0) is 5.54 Å². The second-order valence-electron chi connectivity index (χ2n) is 8.53. The molecule has 1 atom stereocenters. The van der Waals surface area contributed by atoms with Crippen LogP contribution in [0.1, 0.15) is 52.9 Å². The third kappa shape index (κ3) is 5.01. The van der Waals surface area contributed by atoms with Crippen molar-refractivity contribution in [1.82, 2.24) is 25.1 Å². The SMILES string of the molecule is CCC(C)(C)n1nnnc1C(C(C)C)N1CCN(c2cccc(OC)c2)CC1.Cl. The highest BCUT2D eigenvalue weighted by Crippen LogP contribution is 2.32. The van der Waals surface area contributed by atoms with Gasteiger partial charge in [-0.3, -0.25) is 4.90 Å². The van der Waals surface area contributed by atoms with E-state index in [-0.39, 0.29) is 24.0 Å². The number of piperazine rings is 1. The van der Waals surface area contributed by atoms with E-state index in [4.69, 9.17) is 4.74 Å². The predicted molar refractivity (Wildman–Crippen MR) is 119 cm³/mol. The lowest BCUT2D eigenvalue weighted by atomic mass is 9.97. The Balaban J connectivity index is 0.00000300. The number of nitrogens with zero attached hydrogens (tertiary/aromatic N) is 6. The number of benzene rings is 1. The molecule has 0 saturated carbocycles. The molecule has 3 rings (SSSR count). The van der Waals surface area contributed by atoms with Gasteiger partial charge in [-0.2, -0.15) is 0 Å². The number of anilines is 1. The van der Waals surface area contributed by atoms with Gasteiger partial charge in [0.15, 0.2) is 5.82 Å². The number of rotatable bonds is 7. The van der Waals surface area contributed by atoms with Gasteiger partial charge in [-0.1, -0.05) is 26.8 Å². The normalized spacial score (nSPS) is 16.6. The molecule has 2 aromatic rings. The first-order valence-corrected chi connectivity index (χ1v) is 10.3. The highest BCUT2D eigenvalue weighted by molar-refractivity contribution is 5.85. The fourth-order valence-corrected chi connectivity index (χ4v) is 3.91. The third-order valence-electron chi connectivity index (χ3n) is 5.95. The van der Waals surface area contributed by atoms with Crippen molar-refractivity contribution in [2.24, 2.45) is 5.92 Å². The first kappa shape index (κ1) is 23.4. The third-order valence-corrected chi connectivity index (χ3v) is 5.95. The van der Waals surface area contributed by atoms with Crippen LogP contribution < -0.4 is 9.64 Å². The zero-order chi connectivity index (χ0) is 20.3. The lowest BCUT2D eigenvalue weighted by Crippen LogP contribution is -2.49. The van der Waals surface area contributed by atoms with Crippen LogP contribution in [-0.4, -0.2) is 58.4 Å². The Morgan fingerprint density at radius 3 is 2.41 bits per heavy atom. The maximum absolute atomic E-state index is 5.38. The number of hydrogen-bond donors (Lipinski definition) is 0. The maximum Gasteiger partial charge on any atom is 0.169 e. The number of methoxy groups -OCH3 is 1. The van der Waals surface area contributed by atoms with E-state index >= 15 is 0 Å². The molecule has 0 spiro atoms. The van der Waals surface area contributed by atoms with Gasteiger partial charge in [0.05, 0.1) is 18.7 Å². The van der Waals surface area contributed by atoms with Crippen LogP contribution in [0.5, 0.6) is 5.75 Å². The molecule has 1 fully saturated rings. The monoisotopic (exact) mass is 422 g/mol. The molecule has 8 heteroatoms. The van der Waals surface area contributed by atoms with Gasteiger partial charge in [0, 0.05) is 37.9 Å². The van der Waals surface area contributed by atoms with Crippen LogP contribution >= 0.6 is 12.4 Å². The van der Waals surface area contributed by atoms with E-state index in [0.29, 0.717) is 5.92 Å². The average Bonchev–Trinajstić information content (AvgIpc) is 3.18. The Hall–Kier alpha value is -1.86. The Kier molecular flexibility index (Phi) is 7.88. The Morgan fingerprint density at radius 2 is 1.83 bits per heavy atom. The van der Waals surface area contributed by atoms with Crippen LogP contribution in [0.3, 0.4) is 0 Å². The van der Waals surface area contributed by atoms with E-state index in [0.717, 1.165) is 44.2 Å². The summed E-state index contributed by atoms with van der Waals surface area (Å²) in [5.74, 6) is 2.32. The van der Waals surface area contributed by atoms with Gasteiger partial charge in [0.2, 0.25) is 0 Å². The van der Waals surface area contributed by atoms with Crippen LogP contribution in [0.4, 0.5) is 5.69 Å². The van der Waals surface area contributed by atoms with Crippen molar-refractivity contribution in [1.29, 1.82) is 0 Å². The minimum absolute atomic E-state index is 0. The molecular formula is C21H35ClN6O. The molecule has 2 heterocycles. The summed E-state index contributed by atoms with van der Waals surface area (Å²) in [4.78, 5) is 4.96. The molecule has 1 saturated heterocycles. The zero-order valence-corrected chi connectivity index (χ0v) is 19.3. The second kappa shape index (κ2) is 9.76. The molecule has 162 valence electrons. The summed E-state index contributed by atoms with van der Waals surface area (Å²) >= 11 is 0. The van der Waals surface area contributed by atoms with Crippen molar-refractivity contribution in [3.05, 3.63) is 30.1 Å². The summed E-state index contributed by atoms with van der Waals surface area (Å²) in [5, 5.41) is 12.8. The lowest BCUT2D eigenvalue weighted by molar-refractivity contribution is 0.126. The lowest BCUT2D eigenvalue weighted by Gasteiger charge is -2.41. The van der Waals surface area contributed by atoms with Crippen molar-refractivity contribution < 1.29 is 4.74 Å². The first-order chi connectivity index (χ1) is 13.4.